The van der Waals surface area contributed by atoms with Crippen molar-refractivity contribution >= 4 is 17.9 Å². The number of hydrogen-bond donors (Lipinski definition) is 0. The van der Waals surface area contributed by atoms with Gasteiger partial charge in [0.15, 0.2) is 6.10 Å². The minimum absolute atomic E-state index is 0.161. The molecule has 4 rings (SSSR count). The van der Waals surface area contributed by atoms with Crippen molar-refractivity contribution in [3.63, 3.8) is 0 Å². The zero-order valence-electron chi connectivity index (χ0n) is 18.1. The van der Waals surface area contributed by atoms with Crippen molar-refractivity contribution in [3.8, 4) is 0 Å². The van der Waals surface area contributed by atoms with Gasteiger partial charge in [0.05, 0.1) is 20.3 Å². The molecule has 2 heterocycles. The van der Waals surface area contributed by atoms with Crippen molar-refractivity contribution < 1.29 is 27.8 Å². The van der Waals surface area contributed by atoms with Gasteiger partial charge < -0.3 is 14.2 Å². The first kappa shape index (κ1) is 23.2. The number of nitrogens with zero attached hydrogens (tertiary/aromatic N) is 1. The average molecular weight is 464 g/mol. The predicted octanol–water partition coefficient (Wildman–Crippen LogP) is 4.97. The summed E-state index contributed by atoms with van der Waals surface area (Å²) in [5, 5.41) is 0.279. The Kier molecular flexibility index (Phi) is 7.45. The molecular weight excluding hydrogens is 436 g/mol. The molecule has 2 saturated heterocycles. The molecule has 5 nitrogen and oxygen atoms in total. The Balaban J connectivity index is 1.52. The van der Waals surface area contributed by atoms with Gasteiger partial charge in [-0.3, -0.25) is 0 Å². The molecule has 0 spiro atoms. The van der Waals surface area contributed by atoms with Crippen LogP contribution in [0.25, 0.3) is 0 Å². The first-order chi connectivity index (χ1) is 15.5. The zero-order valence-corrected chi connectivity index (χ0v) is 18.9. The number of methoxy groups -OCH3 is 1. The SMILES string of the molecule is COC(=O)C(OC1COC1)c1cc(F)c(CN2S[C@@H](c3ccccc3)CC[C@@H]2C)cc1F. The number of benzene rings is 2. The number of hydrogen-bond acceptors (Lipinski definition) is 6. The van der Waals surface area contributed by atoms with E-state index in [1.165, 1.54) is 18.7 Å². The molecule has 0 aromatic heterocycles. The predicted molar refractivity (Wildman–Crippen MR) is 118 cm³/mol. The Morgan fingerprint density at radius 2 is 1.94 bits per heavy atom. The molecule has 2 aliphatic heterocycles. The van der Waals surface area contributed by atoms with E-state index < -0.39 is 23.7 Å². The Hall–Kier alpha value is -2.00. The summed E-state index contributed by atoms with van der Waals surface area (Å²) in [6.45, 7) is 2.97. The third-order valence-electron chi connectivity index (χ3n) is 5.90. The topological polar surface area (TPSA) is 48.0 Å². The van der Waals surface area contributed by atoms with E-state index in [4.69, 9.17) is 14.2 Å². The second kappa shape index (κ2) is 10.3. The number of carbonyl (C=O) groups is 1. The second-order valence-electron chi connectivity index (χ2n) is 8.17. The highest BCUT2D eigenvalue weighted by molar-refractivity contribution is 7.97. The standard InChI is InChI=1S/C24H27F2NO4S/c1-15-8-9-22(16-6-4-3-5-7-16)32-27(15)12-17-10-21(26)19(11-20(17)25)23(24(28)29-2)31-18-13-30-14-18/h3-7,10-11,15,18,22-23H,8-9,12-14H2,1-2H3/t15-,22+,23?/m0/s1. The molecule has 0 bridgehead atoms. The van der Waals surface area contributed by atoms with Crippen molar-refractivity contribution in [1.82, 2.24) is 4.31 Å². The lowest BCUT2D eigenvalue weighted by Crippen LogP contribution is -2.39. The summed E-state index contributed by atoms with van der Waals surface area (Å²) in [4.78, 5) is 12.2. The van der Waals surface area contributed by atoms with Gasteiger partial charge in [-0.05, 0) is 37.5 Å². The van der Waals surface area contributed by atoms with E-state index in [1.807, 2.05) is 18.2 Å². The second-order valence-corrected chi connectivity index (χ2v) is 9.42. The molecule has 0 N–H and O–H groups in total. The van der Waals surface area contributed by atoms with Crippen LogP contribution in [-0.2, 0) is 25.5 Å². The quantitative estimate of drug-likeness (QED) is 0.427. The summed E-state index contributed by atoms with van der Waals surface area (Å²) in [6.07, 6.45) is 0.326. The van der Waals surface area contributed by atoms with Gasteiger partial charge in [0.1, 0.15) is 17.7 Å². The van der Waals surface area contributed by atoms with Crippen LogP contribution in [0.1, 0.15) is 47.8 Å². The normalized spacial score (nSPS) is 22.9. The fourth-order valence-electron chi connectivity index (χ4n) is 3.89. The van der Waals surface area contributed by atoms with Gasteiger partial charge in [-0.25, -0.2) is 17.9 Å². The number of halogens is 2. The summed E-state index contributed by atoms with van der Waals surface area (Å²) >= 11 is 1.67. The van der Waals surface area contributed by atoms with Crippen LogP contribution in [0.4, 0.5) is 8.78 Å². The third-order valence-corrected chi connectivity index (χ3v) is 7.42. The van der Waals surface area contributed by atoms with Gasteiger partial charge in [0.25, 0.3) is 0 Å². The van der Waals surface area contributed by atoms with E-state index in [1.54, 1.807) is 11.9 Å². The summed E-state index contributed by atoms with van der Waals surface area (Å²) in [5.74, 6) is -2.03. The molecule has 2 aromatic rings. The van der Waals surface area contributed by atoms with Crippen LogP contribution >= 0.6 is 11.9 Å². The zero-order chi connectivity index (χ0) is 22.7. The van der Waals surface area contributed by atoms with Crippen molar-refractivity contribution in [2.24, 2.45) is 0 Å². The Morgan fingerprint density at radius 3 is 2.59 bits per heavy atom. The molecule has 32 heavy (non-hydrogen) atoms. The van der Waals surface area contributed by atoms with Gasteiger partial charge in [0, 0.05) is 29.0 Å². The van der Waals surface area contributed by atoms with Crippen LogP contribution in [0.15, 0.2) is 42.5 Å². The van der Waals surface area contributed by atoms with Crippen LogP contribution in [0, 0.1) is 11.6 Å². The highest BCUT2D eigenvalue weighted by Crippen LogP contribution is 2.43. The third kappa shape index (κ3) is 5.14. The number of ether oxygens (including phenoxy) is 3. The minimum Gasteiger partial charge on any atom is -0.467 e. The van der Waals surface area contributed by atoms with Crippen molar-refractivity contribution in [2.45, 2.75) is 49.8 Å². The van der Waals surface area contributed by atoms with E-state index in [-0.39, 0.29) is 35.1 Å². The molecule has 0 radical (unpaired) electrons. The molecule has 0 saturated carbocycles. The maximum atomic E-state index is 15.1. The van der Waals surface area contributed by atoms with E-state index in [0.717, 1.165) is 18.9 Å². The van der Waals surface area contributed by atoms with Gasteiger partial charge in [0.2, 0.25) is 0 Å². The molecule has 3 atom stereocenters. The Morgan fingerprint density at radius 1 is 1.19 bits per heavy atom. The molecular formula is C24H27F2NO4S. The van der Waals surface area contributed by atoms with Gasteiger partial charge >= 0.3 is 5.97 Å². The lowest BCUT2D eigenvalue weighted by atomic mass is 10.0. The monoisotopic (exact) mass is 463 g/mol. The van der Waals surface area contributed by atoms with Gasteiger partial charge in [-0.1, -0.05) is 42.3 Å². The largest absolute Gasteiger partial charge is 0.467 e. The molecule has 2 aromatic carbocycles. The van der Waals surface area contributed by atoms with E-state index in [9.17, 15) is 4.79 Å². The van der Waals surface area contributed by atoms with Gasteiger partial charge in [-0.2, -0.15) is 0 Å². The summed E-state index contributed by atoms with van der Waals surface area (Å²) in [6, 6.07) is 12.7. The Labute approximate surface area is 191 Å². The summed E-state index contributed by atoms with van der Waals surface area (Å²) in [5.41, 5.74) is 1.32. The van der Waals surface area contributed by atoms with Crippen molar-refractivity contribution in [3.05, 3.63) is 70.8 Å². The van der Waals surface area contributed by atoms with Gasteiger partial charge in [-0.15, -0.1) is 0 Å². The van der Waals surface area contributed by atoms with Crippen molar-refractivity contribution in [2.75, 3.05) is 20.3 Å². The van der Waals surface area contributed by atoms with Crippen LogP contribution in [-0.4, -0.2) is 42.7 Å². The van der Waals surface area contributed by atoms with Crippen LogP contribution in [0.3, 0.4) is 0 Å². The fourth-order valence-corrected chi connectivity index (χ4v) is 5.26. The number of carbonyl (C=O) groups excluding carboxylic acids is 1. The summed E-state index contributed by atoms with van der Waals surface area (Å²) < 4.78 is 47.6. The molecule has 0 aliphatic carbocycles. The Bertz CT molecular complexity index is 941. The molecule has 8 heteroatoms. The molecule has 2 aliphatic rings. The molecule has 2 fully saturated rings. The first-order valence-corrected chi connectivity index (χ1v) is 11.6. The van der Waals surface area contributed by atoms with E-state index in [2.05, 4.69) is 23.4 Å². The first-order valence-electron chi connectivity index (χ1n) is 10.7. The molecule has 0 amide bonds. The van der Waals surface area contributed by atoms with Crippen LogP contribution in [0.5, 0.6) is 0 Å². The number of esters is 1. The van der Waals surface area contributed by atoms with Crippen LogP contribution < -0.4 is 0 Å². The number of rotatable bonds is 7. The average Bonchev–Trinajstić information content (AvgIpc) is 2.77. The highest BCUT2D eigenvalue weighted by atomic mass is 32.2. The lowest BCUT2D eigenvalue weighted by molar-refractivity contribution is -0.183. The summed E-state index contributed by atoms with van der Waals surface area (Å²) in [7, 11) is 1.19. The molecule has 1 unspecified atom stereocenters. The molecule has 172 valence electrons. The lowest BCUT2D eigenvalue weighted by Gasteiger charge is -2.37. The smallest absolute Gasteiger partial charge is 0.339 e. The van der Waals surface area contributed by atoms with Crippen LogP contribution in [0.2, 0.25) is 0 Å². The van der Waals surface area contributed by atoms with Crippen molar-refractivity contribution in [1.29, 1.82) is 0 Å². The maximum Gasteiger partial charge on any atom is 0.339 e. The fraction of sp³-hybridized carbons (Fsp3) is 0.458. The maximum absolute atomic E-state index is 15.1. The minimum atomic E-state index is -1.33. The van der Waals surface area contributed by atoms with E-state index >= 15 is 8.78 Å². The highest BCUT2D eigenvalue weighted by Gasteiger charge is 2.33. The van der Waals surface area contributed by atoms with E-state index in [0.29, 0.717) is 13.2 Å².